The van der Waals surface area contributed by atoms with Gasteiger partial charge in [0.2, 0.25) is 0 Å². The van der Waals surface area contributed by atoms with Gasteiger partial charge in [0.1, 0.15) is 5.70 Å². The van der Waals surface area contributed by atoms with E-state index in [2.05, 4.69) is 26.6 Å². The zero-order valence-corrected chi connectivity index (χ0v) is 12.4. The number of rotatable bonds is 3. The first-order chi connectivity index (χ1) is 9.01. The van der Waals surface area contributed by atoms with E-state index in [9.17, 15) is 9.90 Å². The Labute approximate surface area is 123 Å². The summed E-state index contributed by atoms with van der Waals surface area (Å²) in [6.07, 6.45) is 1.63. The summed E-state index contributed by atoms with van der Waals surface area (Å²) in [5.41, 5.74) is 1.06. The molecule has 2 rings (SSSR count). The van der Waals surface area contributed by atoms with Crippen LogP contribution in [0.1, 0.15) is 12.5 Å². The maximum atomic E-state index is 11.5. The molecule has 1 amide bonds. The number of benzene rings is 1. The van der Waals surface area contributed by atoms with Crippen molar-refractivity contribution in [2.45, 2.75) is 6.92 Å². The maximum Gasteiger partial charge on any atom is 0.273 e. The smallest absolute Gasteiger partial charge is 0.273 e. The van der Waals surface area contributed by atoms with Gasteiger partial charge in [-0.3, -0.25) is 10.1 Å². The molecule has 3 N–H and O–H groups in total. The number of carbonyl (C=O) groups excluding carboxylic acids is 1. The van der Waals surface area contributed by atoms with Gasteiger partial charge in [0.15, 0.2) is 16.6 Å². The standard InChI is InChI=1S/C12H11BrN2O3S/c1-2-18-9-5-6(3-7(13)10(9)16)4-8-11(17)15-12(19)14-8/h3-5,16H,2H2,1H3,(H2,14,15,17,19)/b8-4+. The molecule has 0 aliphatic carbocycles. The van der Waals surface area contributed by atoms with Gasteiger partial charge in [-0.1, -0.05) is 0 Å². The number of hydrogen-bond donors (Lipinski definition) is 3. The van der Waals surface area contributed by atoms with Crippen LogP contribution in [0.15, 0.2) is 22.3 Å². The van der Waals surface area contributed by atoms with E-state index in [0.29, 0.717) is 28.1 Å². The van der Waals surface area contributed by atoms with E-state index >= 15 is 0 Å². The van der Waals surface area contributed by atoms with E-state index in [-0.39, 0.29) is 16.8 Å². The molecule has 0 radical (unpaired) electrons. The van der Waals surface area contributed by atoms with Crippen LogP contribution in [0.3, 0.4) is 0 Å². The number of ether oxygens (including phenoxy) is 1. The quantitative estimate of drug-likeness (QED) is 0.578. The molecule has 1 aromatic carbocycles. The van der Waals surface area contributed by atoms with Crippen molar-refractivity contribution < 1.29 is 14.6 Å². The van der Waals surface area contributed by atoms with Crippen LogP contribution >= 0.6 is 28.1 Å². The van der Waals surface area contributed by atoms with Crippen LogP contribution in [0.2, 0.25) is 0 Å². The number of halogens is 1. The molecule has 1 aromatic rings. The average molecular weight is 343 g/mol. The van der Waals surface area contributed by atoms with Crippen molar-refractivity contribution in [1.82, 2.24) is 10.6 Å². The van der Waals surface area contributed by atoms with Crippen LogP contribution in [0.5, 0.6) is 11.5 Å². The van der Waals surface area contributed by atoms with Crippen LogP contribution in [0.25, 0.3) is 6.08 Å². The van der Waals surface area contributed by atoms with Crippen molar-refractivity contribution in [3.05, 3.63) is 27.9 Å². The Hall–Kier alpha value is -1.60. The largest absolute Gasteiger partial charge is 0.503 e. The normalized spacial score (nSPS) is 16.4. The van der Waals surface area contributed by atoms with Crippen molar-refractivity contribution in [1.29, 1.82) is 0 Å². The summed E-state index contributed by atoms with van der Waals surface area (Å²) < 4.78 is 5.81. The third-order valence-electron chi connectivity index (χ3n) is 2.38. The van der Waals surface area contributed by atoms with E-state index in [1.54, 1.807) is 18.2 Å². The lowest BCUT2D eigenvalue weighted by Gasteiger charge is -2.08. The topological polar surface area (TPSA) is 70.6 Å². The minimum Gasteiger partial charge on any atom is -0.503 e. The first-order valence-electron chi connectivity index (χ1n) is 5.50. The summed E-state index contributed by atoms with van der Waals surface area (Å²) in [4.78, 5) is 11.5. The first kappa shape index (κ1) is 13.8. The van der Waals surface area contributed by atoms with Crippen LogP contribution in [-0.4, -0.2) is 22.7 Å². The minimum absolute atomic E-state index is 0.0309. The summed E-state index contributed by atoms with van der Waals surface area (Å²) in [5.74, 6) is 0.0974. The molecule has 1 aliphatic rings. The van der Waals surface area contributed by atoms with Gasteiger partial charge in [-0.15, -0.1) is 0 Å². The van der Waals surface area contributed by atoms with Crippen LogP contribution in [0.4, 0.5) is 0 Å². The van der Waals surface area contributed by atoms with Gasteiger partial charge in [-0.25, -0.2) is 0 Å². The number of carbonyl (C=O) groups is 1. The molecular weight excluding hydrogens is 332 g/mol. The predicted octanol–water partition coefficient (Wildman–Crippen LogP) is 1.90. The molecule has 100 valence electrons. The van der Waals surface area contributed by atoms with E-state index in [0.717, 1.165) is 0 Å². The van der Waals surface area contributed by atoms with Gasteiger partial charge in [0, 0.05) is 0 Å². The van der Waals surface area contributed by atoms with Crippen LogP contribution in [0, 0.1) is 0 Å². The van der Waals surface area contributed by atoms with Crippen molar-refractivity contribution in [3.63, 3.8) is 0 Å². The Morgan fingerprint density at radius 1 is 1.47 bits per heavy atom. The number of aromatic hydroxyl groups is 1. The van der Waals surface area contributed by atoms with Crippen molar-refractivity contribution in [2.75, 3.05) is 6.61 Å². The zero-order valence-electron chi connectivity index (χ0n) is 9.99. The van der Waals surface area contributed by atoms with E-state index in [1.807, 2.05) is 6.92 Å². The SMILES string of the molecule is CCOc1cc(/C=C2/NC(=S)NC2=O)cc(Br)c1O. The Morgan fingerprint density at radius 3 is 2.79 bits per heavy atom. The predicted molar refractivity (Wildman–Crippen MR) is 78.8 cm³/mol. The molecule has 1 aliphatic heterocycles. The van der Waals surface area contributed by atoms with Crippen molar-refractivity contribution in [3.8, 4) is 11.5 Å². The third kappa shape index (κ3) is 3.05. The third-order valence-corrected chi connectivity index (χ3v) is 3.19. The highest BCUT2D eigenvalue weighted by atomic mass is 79.9. The summed E-state index contributed by atoms with van der Waals surface area (Å²) >= 11 is 8.08. The highest BCUT2D eigenvalue weighted by Gasteiger charge is 2.20. The van der Waals surface area contributed by atoms with Gasteiger partial charge in [0.25, 0.3) is 5.91 Å². The zero-order chi connectivity index (χ0) is 14.0. The molecule has 1 saturated heterocycles. The molecule has 0 atom stereocenters. The fraction of sp³-hybridized carbons (Fsp3) is 0.167. The highest BCUT2D eigenvalue weighted by molar-refractivity contribution is 9.10. The number of hydrogen-bond acceptors (Lipinski definition) is 4. The lowest BCUT2D eigenvalue weighted by atomic mass is 10.1. The molecule has 1 fully saturated rings. The summed E-state index contributed by atoms with van der Waals surface area (Å²) in [7, 11) is 0. The fourth-order valence-electron chi connectivity index (χ4n) is 1.59. The molecule has 0 saturated carbocycles. The molecule has 0 aromatic heterocycles. The second kappa shape index (κ2) is 5.58. The van der Waals surface area contributed by atoms with Crippen LogP contribution in [-0.2, 0) is 4.79 Å². The maximum absolute atomic E-state index is 11.5. The van der Waals surface area contributed by atoms with Crippen molar-refractivity contribution >= 4 is 45.2 Å². The fourth-order valence-corrected chi connectivity index (χ4v) is 2.25. The lowest BCUT2D eigenvalue weighted by Crippen LogP contribution is -2.21. The second-order valence-electron chi connectivity index (χ2n) is 3.75. The van der Waals surface area contributed by atoms with Gasteiger partial charge in [0.05, 0.1) is 11.1 Å². The number of phenols is 1. The highest BCUT2D eigenvalue weighted by Crippen LogP contribution is 2.36. The Balaban J connectivity index is 2.38. The van der Waals surface area contributed by atoms with Gasteiger partial charge in [-0.05, 0) is 58.8 Å². The number of thiocarbonyl (C=S) groups is 1. The number of phenolic OH excluding ortho intramolecular Hbond substituents is 1. The molecule has 0 unspecified atom stereocenters. The first-order valence-corrected chi connectivity index (χ1v) is 6.70. The van der Waals surface area contributed by atoms with Gasteiger partial charge in [-0.2, -0.15) is 0 Å². The monoisotopic (exact) mass is 342 g/mol. The molecule has 0 bridgehead atoms. The summed E-state index contributed by atoms with van der Waals surface area (Å²) in [6.45, 7) is 2.26. The molecular formula is C12H11BrN2O3S. The summed E-state index contributed by atoms with van der Waals surface area (Å²) in [6, 6.07) is 3.33. The molecule has 19 heavy (non-hydrogen) atoms. The lowest BCUT2D eigenvalue weighted by molar-refractivity contribution is -0.115. The number of amides is 1. The molecule has 1 heterocycles. The Bertz CT molecular complexity index is 587. The van der Waals surface area contributed by atoms with Crippen molar-refractivity contribution in [2.24, 2.45) is 0 Å². The second-order valence-corrected chi connectivity index (χ2v) is 5.01. The Kier molecular flexibility index (Phi) is 4.06. The number of nitrogens with one attached hydrogen (secondary N) is 2. The average Bonchev–Trinajstić information content (AvgIpc) is 2.64. The molecule has 0 spiro atoms. The van der Waals surface area contributed by atoms with E-state index < -0.39 is 0 Å². The minimum atomic E-state index is -0.285. The molecule has 5 nitrogen and oxygen atoms in total. The van der Waals surface area contributed by atoms with Gasteiger partial charge >= 0.3 is 0 Å². The summed E-state index contributed by atoms with van der Waals surface area (Å²) in [5, 5.41) is 15.3. The van der Waals surface area contributed by atoms with Crippen LogP contribution < -0.4 is 15.4 Å². The molecule has 7 heteroatoms. The van der Waals surface area contributed by atoms with Gasteiger partial charge < -0.3 is 15.2 Å². The Morgan fingerprint density at radius 2 is 2.21 bits per heavy atom. The van der Waals surface area contributed by atoms with E-state index in [1.165, 1.54) is 0 Å². The van der Waals surface area contributed by atoms with E-state index in [4.69, 9.17) is 17.0 Å².